The van der Waals surface area contributed by atoms with Gasteiger partial charge in [-0.25, -0.2) is 0 Å². The highest BCUT2D eigenvalue weighted by molar-refractivity contribution is 6.35. The Bertz CT molecular complexity index is 1470. The van der Waals surface area contributed by atoms with Gasteiger partial charge >= 0.3 is 0 Å². The van der Waals surface area contributed by atoms with Crippen LogP contribution in [0, 0.1) is 28.1 Å². The summed E-state index contributed by atoms with van der Waals surface area (Å²) in [5.41, 5.74) is -3.01. The number of fused-ring (bicyclic) bond motifs is 2. The van der Waals surface area contributed by atoms with Crippen molar-refractivity contribution >= 4 is 17.3 Å². The number of hydrogen-bond donors (Lipinski definition) is 4. The molecule has 246 valence electrons. The van der Waals surface area contributed by atoms with E-state index in [0.717, 1.165) is 28.9 Å². The van der Waals surface area contributed by atoms with Gasteiger partial charge in [-0.15, -0.1) is 0 Å². The van der Waals surface area contributed by atoms with Crippen LogP contribution in [0.4, 0.5) is 0 Å². The Labute approximate surface area is 268 Å². The van der Waals surface area contributed by atoms with Crippen molar-refractivity contribution in [3.63, 3.8) is 0 Å². The van der Waals surface area contributed by atoms with Crippen LogP contribution in [0.3, 0.4) is 0 Å². The van der Waals surface area contributed by atoms with Crippen molar-refractivity contribution in [3.05, 3.63) is 70.5 Å². The highest BCUT2D eigenvalue weighted by atomic mass is 16.3. The highest BCUT2D eigenvalue weighted by Crippen LogP contribution is 2.67. The molecule has 0 spiro atoms. The first-order valence-electron chi connectivity index (χ1n) is 15.9. The second kappa shape index (κ2) is 12.7. The summed E-state index contributed by atoms with van der Waals surface area (Å²) in [6, 6.07) is 3.48. The maximum Gasteiger partial charge on any atom is 0.200 e. The van der Waals surface area contributed by atoms with Crippen LogP contribution >= 0.6 is 0 Å². The van der Waals surface area contributed by atoms with Gasteiger partial charge in [0, 0.05) is 5.56 Å². The lowest BCUT2D eigenvalue weighted by Gasteiger charge is -2.61. The van der Waals surface area contributed by atoms with E-state index in [1.54, 1.807) is 13.8 Å². The normalized spacial score (nSPS) is 25.1. The van der Waals surface area contributed by atoms with E-state index in [9.17, 15) is 30.0 Å². The van der Waals surface area contributed by atoms with Crippen molar-refractivity contribution in [1.29, 1.82) is 0 Å². The molecule has 1 saturated carbocycles. The summed E-state index contributed by atoms with van der Waals surface area (Å²) in [5.74, 6) is -3.96. The number of hydrogen-bond acceptors (Lipinski definition) is 7. The Hall–Kier alpha value is -3.45. The summed E-state index contributed by atoms with van der Waals surface area (Å²) in [4.78, 5) is 44.4. The zero-order chi connectivity index (χ0) is 34.3. The largest absolute Gasteiger partial charge is 0.510 e. The van der Waals surface area contributed by atoms with E-state index >= 15 is 4.79 Å². The van der Waals surface area contributed by atoms with E-state index < -0.39 is 62.0 Å². The minimum absolute atomic E-state index is 0.00909. The Morgan fingerprint density at radius 2 is 1.62 bits per heavy atom. The lowest BCUT2D eigenvalue weighted by molar-refractivity contribution is -0.175. The van der Waals surface area contributed by atoms with Crippen LogP contribution in [0.1, 0.15) is 111 Å². The van der Waals surface area contributed by atoms with E-state index in [4.69, 9.17) is 0 Å². The number of phenols is 2. The standard InChI is InChI=1S/C38H52O7/c1-22(2)11-13-26(24(5)6)20-37-21-27(15-12-23(3)4)36(9,10)38(34(37)44,18-17-35(7,8)45)33(43)30(32(37)42)31(41)25-14-16-28(39)29(40)19-25/h11-12,14,16,19,26-27,39-40,42,45H,5,13,15,17-18,20-21H2,1-4,6-10H3/t26-,27-,37-,38+/m1/s1. The minimum atomic E-state index is -1.72. The van der Waals surface area contributed by atoms with Gasteiger partial charge in [-0.3, -0.25) is 14.4 Å². The molecule has 0 unspecified atom stereocenters. The van der Waals surface area contributed by atoms with Crippen molar-refractivity contribution in [1.82, 2.24) is 0 Å². The van der Waals surface area contributed by atoms with E-state index in [-0.39, 0.29) is 43.1 Å². The second-order valence-electron chi connectivity index (χ2n) is 15.1. The average Bonchev–Trinajstić information content (AvgIpc) is 2.91. The van der Waals surface area contributed by atoms with E-state index in [1.807, 2.05) is 48.5 Å². The fourth-order valence-corrected chi connectivity index (χ4v) is 7.33. The predicted molar refractivity (Wildman–Crippen MR) is 177 cm³/mol. The smallest absolute Gasteiger partial charge is 0.200 e. The lowest BCUT2D eigenvalue weighted by Crippen LogP contribution is -2.67. The molecule has 3 rings (SSSR count). The minimum Gasteiger partial charge on any atom is -0.510 e. The Morgan fingerprint density at radius 1 is 1.02 bits per heavy atom. The van der Waals surface area contributed by atoms with Crippen LogP contribution in [0.5, 0.6) is 11.5 Å². The topological polar surface area (TPSA) is 132 Å². The quantitative estimate of drug-likeness (QED) is 0.0610. The van der Waals surface area contributed by atoms with Crippen molar-refractivity contribution in [3.8, 4) is 11.5 Å². The van der Waals surface area contributed by atoms with Gasteiger partial charge in [-0.2, -0.15) is 0 Å². The monoisotopic (exact) mass is 620 g/mol. The van der Waals surface area contributed by atoms with Crippen LogP contribution < -0.4 is 0 Å². The number of ketones is 3. The first-order chi connectivity index (χ1) is 20.6. The maximum absolute atomic E-state index is 15.2. The molecule has 2 aliphatic carbocycles. The third-order valence-electron chi connectivity index (χ3n) is 10.3. The molecule has 7 heteroatoms. The number of rotatable bonds is 12. The van der Waals surface area contributed by atoms with Crippen molar-refractivity contribution < 1.29 is 34.8 Å². The van der Waals surface area contributed by atoms with Crippen LogP contribution in [-0.4, -0.2) is 43.4 Å². The zero-order valence-electron chi connectivity index (χ0n) is 28.5. The van der Waals surface area contributed by atoms with Crippen LogP contribution in [0.2, 0.25) is 0 Å². The first kappa shape index (κ1) is 36.0. The molecular weight excluding hydrogens is 568 g/mol. The van der Waals surface area contributed by atoms with Crippen molar-refractivity contribution in [2.75, 3.05) is 0 Å². The van der Waals surface area contributed by atoms with Gasteiger partial charge in [0.15, 0.2) is 28.8 Å². The number of benzene rings is 1. The Kier molecular flexibility index (Phi) is 10.2. The maximum atomic E-state index is 15.2. The molecule has 1 fully saturated rings. The van der Waals surface area contributed by atoms with Gasteiger partial charge in [0.25, 0.3) is 0 Å². The number of carbonyl (C=O) groups excluding carboxylic acids is 3. The van der Waals surface area contributed by atoms with Crippen LogP contribution in [0.15, 0.2) is 65.0 Å². The molecule has 1 aromatic rings. The van der Waals surface area contributed by atoms with E-state index in [2.05, 4.69) is 18.7 Å². The van der Waals surface area contributed by atoms with Crippen molar-refractivity contribution in [2.45, 2.75) is 106 Å². The number of aliphatic hydroxyl groups excluding tert-OH is 1. The molecule has 0 heterocycles. The zero-order valence-corrected chi connectivity index (χ0v) is 28.5. The molecule has 0 aromatic heterocycles. The third kappa shape index (κ3) is 6.60. The molecule has 45 heavy (non-hydrogen) atoms. The SMILES string of the molecule is C=C(C)[C@H](CC=C(C)C)C[C@@]12C[C@@H](CC=C(C)C)C(C)(C)[C@@](CCC(C)(C)O)(C(=O)C(C(=O)c3ccc(O)c(O)c3)=C1O)C2=O. The summed E-state index contributed by atoms with van der Waals surface area (Å²) in [6.07, 6.45) is 5.78. The number of phenolic OH excluding ortho intramolecular Hbond substituents is 2. The molecule has 4 N–H and O–H groups in total. The molecule has 0 radical (unpaired) electrons. The van der Waals surface area contributed by atoms with Crippen molar-refractivity contribution in [2.24, 2.45) is 28.1 Å². The number of Topliss-reactive ketones (excluding diaryl/α,β-unsaturated/α-hetero) is 3. The molecule has 7 nitrogen and oxygen atoms in total. The number of aliphatic hydroxyl groups is 2. The van der Waals surface area contributed by atoms with Gasteiger partial charge in [0.1, 0.15) is 11.3 Å². The molecule has 0 saturated heterocycles. The molecule has 2 aliphatic rings. The van der Waals surface area contributed by atoms with Crippen LogP contribution in [-0.2, 0) is 9.59 Å². The molecule has 0 aliphatic heterocycles. The summed E-state index contributed by atoms with van der Waals surface area (Å²) in [7, 11) is 0. The average molecular weight is 621 g/mol. The summed E-state index contributed by atoms with van der Waals surface area (Å²) < 4.78 is 0. The summed E-state index contributed by atoms with van der Waals surface area (Å²) >= 11 is 0. The number of allylic oxidation sites excluding steroid dienone is 7. The van der Waals surface area contributed by atoms with E-state index in [1.165, 1.54) is 6.07 Å². The van der Waals surface area contributed by atoms with Gasteiger partial charge in [0.2, 0.25) is 0 Å². The van der Waals surface area contributed by atoms with Gasteiger partial charge < -0.3 is 20.4 Å². The Balaban J connectivity index is 2.45. The number of aromatic hydroxyl groups is 2. The number of carbonyl (C=O) groups is 3. The fourth-order valence-electron chi connectivity index (χ4n) is 7.33. The Morgan fingerprint density at radius 3 is 2.13 bits per heavy atom. The first-order valence-corrected chi connectivity index (χ1v) is 15.9. The molecular formula is C38H52O7. The third-order valence-corrected chi connectivity index (χ3v) is 10.3. The van der Waals surface area contributed by atoms with Gasteiger partial charge in [-0.05, 0) is 122 Å². The van der Waals surface area contributed by atoms with Gasteiger partial charge in [-0.1, -0.05) is 49.3 Å². The molecule has 2 bridgehead atoms. The molecule has 4 atom stereocenters. The highest BCUT2D eigenvalue weighted by Gasteiger charge is 2.72. The second-order valence-corrected chi connectivity index (χ2v) is 15.1. The predicted octanol–water partition coefficient (Wildman–Crippen LogP) is 8.11. The summed E-state index contributed by atoms with van der Waals surface area (Å²) in [5, 5.41) is 43.2. The van der Waals surface area contributed by atoms with E-state index in [0.29, 0.717) is 12.8 Å². The molecule has 0 amide bonds. The van der Waals surface area contributed by atoms with Gasteiger partial charge in [0.05, 0.1) is 16.4 Å². The summed E-state index contributed by atoms with van der Waals surface area (Å²) in [6.45, 7) is 21.1. The fraction of sp³-hybridized carbons (Fsp3) is 0.553. The van der Waals surface area contributed by atoms with Crippen LogP contribution in [0.25, 0.3) is 0 Å². The molecule has 1 aromatic carbocycles. The lowest BCUT2D eigenvalue weighted by atomic mass is 9.39.